The van der Waals surface area contributed by atoms with Crippen LogP contribution in [0.25, 0.3) is 0 Å². The Morgan fingerprint density at radius 3 is 1.24 bits per heavy atom. The third-order valence-corrected chi connectivity index (χ3v) is 14.7. The number of nitrogens with zero attached hydrogens (tertiary/aromatic N) is 3. The number of cyclic esters (lactones) is 3. The summed E-state index contributed by atoms with van der Waals surface area (Å²) in [5.74, 6) is -8.90. The van der Waals surface area contributed by atoms with Crippen molar-refractivity contribution < 1.29 is 84.9 Å². The van der Waals surface area contributed by atoms with E-state index in [1.807, 2.05) is 0 Å². The summed E-state index contributed by atoms with van der Waals surface area (Å²) in [6.07, 6.45) is 13.2. The van der Waals surface area contributed by atoms with Gasteiger partial charge in [-0.1, -0.05) is 57.2 Å². The Labute approximate surface area is 586 Å². The Balaban J connectivity index is 0.000000315. The van der Waals surface area contributed by atoms with E-state index in [9.17, 15) is 70.7 Å². The number of carbonyl (C=O) groups excluding carboxylic acids is 12. The molecule has 0 aromatic carbocycles. The highest BCUT2D eigenvalue weighted by atomic mass is 32.1. The van der Waals surface area contributed by atoms with Crippen molar-refractivity contribution in [2.75, 3.05) is 17.3 Å². The third-order valence-electron chi connectivity index (χ3n) is 14.0. The molecule has 9 N–H and O–H groups in total. The molecule has 6 atom stereocenters. The highest BCUT2D eigenvalue weighted by Crippen LogP contribution is 2.16. The van der Waals surface area contributed by atoms with Gasteiger partial charge < -0.3 is 62.1 Å². The van der Waals surface area contributed by atoms with Crippen LogP contribution in [-0.2, 0) is 77.0 Å². The van der Waals surface area contributed by atoms with Gasteiger partial charge in [-0.15, -0.1) is 0 Å². The largest absolute Gasteiger partial charge is 0.456 e. The van der Waals surface area contributed by atoms with Crippen molar-refractivity contribution in [3.8, 4) is 0 Å². The number of hydrogen-bond acceptors (Lipinski definition) is 21. The number of thiol groups is 3. The van der Waals surface area contributed by atoms with Crippen molar-refractivity contribution in [2.24, 2.45) is 0 Å². The van der Waals surface area contributed by atoms with E-state index in [-0.39, 0.29) is 104 Å². The molecule has 6 bridgehead atoms. The molecule has 99 heavy (non-hydrogen) atoms. The first-order valence-corrected chi connectivity index (χ1v) is 33.3. The highest BCUT2D eigenvalue weighted by molar-refractivity contribution is 7.80. The number of esters is 3. The van der Waals surface area contributed by atoms with Crippen molar-refractivity contribution >= 4 is 109 Å². The highest BCUT2D eigenvalue weighted by Gasteiger charge is 2.31. The Bertz CT molecular complexity index is 3630. The SMILES string of the molecule is C/C=C1\NC(=O)c2cc(F)cc(n2)CNC(=O)C[C@@H](/C=C/CCS)OC(=O)[C@H](CC)NC1=O.C/C=C1\NC(=O)c2ccc(F)c(n2)CNC(=O)C[C@@H](/C=C/CCS)OC(=O)[C@H](CC)NC1=O.C/C=C1\NC(=O)c2nc(ccc2F)CNC(=O)C[C@@H](/C=C/CCS)OC(=O)[C@H](CC)NC1=O. The second-order valence-electron chi connectivity index (χ2n) is 21.4. The summed E-state index contributed by atoms with van der Waals surface area (Å²) in [5.41, 5.74) is -1.16. The van der Waals surface area contributed by atoms with Crippen LogP contribution in [0.1, 0.15) is 148 Å². The number of nitrogens with one attached hydrogen (secondary N) is 9. The van der Waals surface area contributed by atoms with Crippen molar-refractivity contribution in [1.82, 2.24) is 62.8 Å². The van der Waals surface area contributed by atoms with Crippen molar-refractivity contribution in [2.45, 2.75) is 155 Å². The Morgan fingerprint density at radius 2 is 0.838 bits per heavy atom. The van der Waals surface area contributed by atoms with Crippen LogP contribution < -0.4 is 47.9 Å². The first-order chi connectivity index (χ1) is 47.3. The molecule has 0 saturated heterocycles. The van der Waals surface area contributed by atoms with E-state index in [1.165, 1.54) is 51.1 Å². The summed E-state index contributed by atoms with van der Waals surface area (Å²) in [6.45, 7) is 9.09. The van der Waals surface area contributed by atoms with Crippen LogP contribution in [0.4, 0.5) is 13.2 Å². The molecule has 3 aliphatic rings. The minimum absolute atomic E-state index is 0.0744. The number of allylic oxidation sites excluding steroid dienone is 6. The van der Waals surface area contributed by atoms with Crippen LogP contribution in [0.5, 0.6) is 0 Å². The first-order valence-electron chi connectivity index (χ1n) is 31.4. The molecule has 534 valence electrons. The fraction of sp³-hybridized carbons (Fsp3) is 0.409. The van der Waals surface area contributed by atoms with Gasteiger partial charge in [-0.25, -0.2) is 42.5 Å². The normalized spacial score (nSPS) is 22.0. The van der Waals surface area contributed by atoms with E-state index < -0.39 is 131 Å². The minimum atomic E-state index is -1.03. The van der Waals surface area contributed by atoms with Crippen molar-refractivity contribution in [3.63, 3.8) is 0 Å². The predicted molar refractivity (Wildman–Crippen MR) is 365 cm³/mol. The van der Waals surface area contributed by atoms with Crippen LogP contribution >= 0.6 is 37.9 Å². The van der Waals surface area contributed by atoms with Crippen molar-refractivity contribution in [3.05, 3.63) is 160 Å². The lowest BCUT2D eigenvalue weighted by Crippen LogP contribution is -2.46. The van der Waals surface area contributed by atoms with E-state index in [2.05, 4.69) is 101 Å². The average molecular weight is 1440 g/mol. The molecular formula is C66H81F3N12O15S3. The zero-order valence-corrected chi connectivity index (χ0v) is 57.9. The number of ether oxygens (including phenoxy) is 3. The van der Waals surface area contributed by atoms with E-state index in [4.69, 9.17) is 14.2 Å². The van der Waals surface area contributed by atoms with Crippen LogP contribution in [0.2, 0.25) is 0 Å². The standard InChI is InChI=1S/3C22H27FN4O5S/c1-3-16-20(29)27-17(4-2)22(31)32-14(7-5-6-10-33)11-18(28)24-12-13-8-9-15(23)19(25-13)21(30)26-16;1-3-15-20(29)27-16(4-2)22(31)32-13(7-5-6-10-33)11-19(28)24-12-18-14(23)8-9-17(25-18)21(30)26-15;1-3-16-20(29)27-17(4-2)22(31)32-15(7-5-6-8-33)11-19(28)24-12-14-9-13(23)10-18(25-14)21(30)26-16/h3,5,7-9,14,17,33H,4,6,10-12H2,1-2H3,(H,24,28)(H,26,30)(H,27,29);3,5,7-9,13,16,33H,4,6,10-12H2,1-2H3,(H,24,28)(H,26,30)(H,27,29);3,5,7,9-10,15,17,33H,4,6,8,11-12H2,1-2H3,(H,24,28)(H,26,30)(H,27,29)/b7-5+,16-3-;7-5+,15-3-;7-5+,16-3-/t14-,17+;13-,16+;15-,17+/m111/s1. The number of amides is 9. The van der Waals surface area contributed by atoms with Gasteiger partial charge in [0.05, 0.1) is 56.0 Å². The molecule has 0 spiro atoms. The molecule has 0 saturated carbocycles. The zero-order chi connectivity index (χ0) is 73.1. The van der Waals surface area contributed by atoms with Gasteiger partial charge in [0, 0.05) is 6.07 Å². The number of carbonyl (C=O) groups is 12. The molecular weight excluding hydrogens is 1350 g/mol. The molecule has 9 amide bonds. The number of fused-ring (bicyclic) bond motifs is 6. The molecule has 33 heteroatoms. The van der Waals surface area contributed by atoms with E-state index in [1.54, 1.807) is 57.2 Å². The molecule has 6 rings (SSSR count). The van der Waals surface area contributed by atoms with Gasteiger partial charge in [0.1, 0.15) is 76.6 Å². The topological polar surface area (TPSA) is 379 Å². The van der Waals surface area contributed by atoms with E-state index in [0.29, 0.717) is 36.5 Å². The number of aromatic nitrogens is 3. The summed E-state index contributed by atoms with van der Waals surface area (Å²) < 4.78 is 58.8. The zero-order valence-electron chi connectivity index (χ0n) is 55.2. The number of pyridine rings is 3. The number of hydrogen-bond donors (Lipinski definition) is 12. The van der Waals surface area contributed by atoms with Gasteiger partial charge in [-0.3, -0.25) is 43.2 Å². The summed E-state index contributed by atoms with van der Waals surface area (Å²) >= 11 is 12.4. The second kappa shape index (κ2) is 42.9. The molecule has 6 heterocycles. The fourth-order valence-corrected chi connectivity index (χ4v) is 9.14. The van der Waals surface area contributed by atoms with Gasteiger partial charge in [0.15, 0.2) is 11.5 Å². The van der Waals surface area contributed by atoms with Crippen LogP contribution in [0.15, 0.2) is 108 Å². The summed E-state index contributed by atoms with van der Waals surface area (Å²) in [5, 5.41) is 22.3. The van der Waals surface area contributed by atoms with E-state index >= 15 is 0 Å². The molecule has 0 aliphatic carbocycles. The molecule has 0 radical (unpaired) electrons. The third kappa shape index (κ3) is 27.7. The minimum Gasteiger partial charge on any atom is -0.456 e. The van der Waals surface area contributed by atoms with Gasteiger partial charge in [0.25, 0.3) is 35.4 Å². The Hall–Kier alpha value is -9.63. The average Bonchev–Trinajstić information content (AvgIpc) is 0.886. The second-order valence-corrected chi connectivity index (χ2v) is 22.7. The fourth-order valence-electron chi connectivity index (χ4n) is 8.69. The summed E-state index contributed by atoms with van der Waals surface area (Å²) in [7, 11) is 0. The van der Waals surface area contributed by atoms with Crippen molar-refractivity contribution in [1.29, 1.82) is 0 Å². The van der Waals surface area contributed by atoms with E-state index in [0.717, 1.165) is 24.3 Å². The lowest BCUT2D eigenvalue weighted by molar-refractivity contribution is -0.152. The smallest absolute Gasteiger partial charge is 0.329 e. The molecule has 3 aromatic rings. The van der Waals surface area contributed by atoms with Gasteiger partial charge in [-0.2, -0.15) is 37.9 Å². The number of rotatable bonds is 12. The maximum absolute atomic E-state index is 14.2. The Morgan fingerprint density at radius 1 is 0.455 bits per heavy atom. The molecule has 0 unspecified atom stereocenters. The summed E-state index contributed by atoms with van der Waals surface area (Å²) in [4.78, 5) is 163. The monoisotopic (exact) mass is 1430 g/mol. The van der Waals surface area contributed by atoms with Crippen LogP contribution in [0.3, 0.4) is 0 Å². The van der Waals surface area contributed by atoms with Gasteiger partial charge in [0.2, 0.25) is 17.7 Å². The Kier molecular flexibility index (Phi) is 35.5. The lowest BCUT2D eigenvalue weighted by Gasteiger charge is -2.21. The molecule has 3 aliphatic heterocycles. The number of halogens is 3. The molecule has 0 fully saturated rings. The van der Waals surface area contributed by atoms with Crippen LogP contribution in [-0.4, -0.2) is 140 Å². The molecule has 3 aromatic heterocycles. The van der Waals surface area contributed by atoms with Gasteiger partial charge >= 0.3 is 17.9 Å². The first kappa shape index (κ1) is 81.8. The summed E-state index contributed by atoms with van der Waals surface area (Å²) in [6, 6.07) is 3.56. The lowest BCUT2D eigenvalue weighted by atomic mass is 10.1. The maximum Gasteiger partial charge on any atom is 0.329 e. The maximum atomic E-state index is 14.2. The molecule has 27 nitrogen and oxygen atoms in total. The van der Waals surface area contributed by atoms with Crippen LogP contribution in [0, 0.1) is 17.5 Å². The predicted octanol–water partition coefficient (Wildman–Crippen LogP) is 4.67. The quantitative estimate of drug-likeness (QED) is 0.0385. The van der Waals surface area contributed by atoms with Gasteiger partial charge in [-0.05, 0) is 125 Å².